The summed E-state index contributed by atoms with van der Waals surface area (Å²) in [4.78, 5) is 18.2. The molecule has 1 atom stereocenters. The smallest absolute Gasteiger partial charge is 0.293 e. The Hall–Kier alpha value is -1.43. The summed E-state index contributed by atoms with van der Waals surface area (Å²) in [6.45, 7) is 7.74. The number of rotatable bonds is 2. The molecular formula is C11H18N4O2. The minimum Gasteiger partial charge on any atom is -0.377 e. The van der Waals surface area contributed by atoms with E-state index in [0.29, 0.717) is 19.8 Å². The zero-order valence-electron chi connectivity index (χ0n) is 10.4. The molecule has 1 aromatic rings. The van der Waals surface area contributed by atoms with Crippen LogP contribution in [0.4, 0.5) is 0 Å². The Balaban J connectivity index is 2.12. The molecule has 2 rings (SSSR count). The van der Waals surface area contributed by atoms with Crippen LogP contribution in [0.2, 0.25) is 0 Å². The summed E-state index contributed by atoms with van der Waals surface area (Å²) in [5.41, 5.74) is 0. The van der Waals surface area contributed by atoms with Crippen molar-refractivity contribution < 1.29 is 9.53 Å². The van der Waals surface area contributed by atoms with Gasteiger partial charge in [-0.1, -0.05) is 13.8 Å². The van der Waals surface area contributed by atoms with E-state index in [4.69, 9.17) is 4.74 Å². The van der Waals surface area contributed by atoms with Crippen LogP contribution in [0.15, 0.2) is 0 Å². The number of carbonyl (C=O) groups excluding carboxylic acids is 1. The molecule has 1 fully saturated rings. The molecular weight excluding hydrogens is 220 g/mol. The molecule has 1 amide bonds. The van der Waals surface area contributed by atoms with Gasteiger partial charge in [0.25, 0.3) is 5.91 Å². The van der Waals surface area contributed by atoms with Crippen molar-refractivity contribution in [1.29, 1.82) is 0 Å². The monoisotopic (exact) mass is 238 g/mol. The van der Waals surface area contributed by atoms with Gasteiger partial charge in [-0.15, -0.1) is 5.10 Å². The second kappa shape index (κ2) is 4.83. The molecule has 0 aliphatic carbocycles. The molecule has 0 bridgehead atoms. The number of nitrogens with one attached hydrogen (secondary N) is 1. The molecule has 1 aliphatic heterocycles. The molecule has 1 unspecified atom stereocenters. The van der Waals surface area contributed by atoms with Crippen LogP contribution in [0.1, 0.15) is 43.1 Å². The molecule has 0 radical (unpaired) electrons. The highest BCUT2D eigenvalue weighted by atomic mass is 16.5. The topological polar surface area (TPSA) is 71.1 Å². The summed E-state index contributed by atoms with van der Waals surface area (Å²) < 4.78 is 5.30. The maximum absolute atomic E-state index is 12.2. The molecule has 6 heteroatoms. The van der Waals surface area contributed by atoms with Gasteiger partial charge in [-0.25, -0.2) is 4.98 Å². The van der Waals surface area contributed by atoms with Crippen molar-refractivity contribution in [2.45, 2.75) is 32.7 Å². The number of nitrogens with zero attached hydrogens (tertiary/aromatic N) is 3. The second-order valence-corrected chi connectivity index (χ2v) is 4.62. The van der Waals surface area contributed by atoms with Gasteiger partial charge in [0, 0.05) is 12.5 Å². The third-order valence-corrected chi connectivity index (χ3v) is 2.87. The highest BCUT2D eigenvalue weighted by molar-refractivity contribution is 5.90. The Bertz CT molecular complexity index is 402. The van der Waals surface area contributed by atoms with Gasteiger partial charge in [-0.3, -0.25) is 9.89 Å². The summed E-state index contributed by atoms with van der Waals surface area (Å²) in [7, 11) is 0. The van der Waals surface area contributed by atoms with Crippen molar-refractivity contribution in [2.24, 2.45) is 0 Å². The number of morpholine rings is 1. The van der Waals surface area contributed by atoms with E-state index in [1.807, 2.05) is 20.8 Å². The average Bonchev–Trinajstić information content (AvgIpc) is 2.78. The summed E-state index contributed by atoms with van der Waals surface area (Å²) in [5, 5.41) is 6.78. The van der Waals surface area contributed by atoms with E-state index in [9.17, 15) is 4.79 Å². The quantitative estimate of drug-likeness (QED) is 0.826. The van der Waals surface area contributed by atoms with E-state index in [1.54, 1.807) is 4.90 Å². The zero-order chi connectivity index (χ0) is 12.4. The molecule has 1 saturated heterocycles. The Kier molecular flexibility index (Phi) is 3.42. The van der Waals surface area contributed by atoms with Gasteiger partial charge in [0.15, 0.2) is 0 Å². The SMILES string of the molecule is CC(C)c1nc(C(=O)N2CCOCC2C)n[nH]1. The highest BCUT2D eigenvalue weighted by Crippen LogP contribution is 2.12. The van der Waals surface area contributed by atoms with Gasteiger partial charge in [0.05, 0.1) is 19.3 Å². The van der Waals surface area contributed by atoms with E-state index in [1.165, 1.54) is 0 Å². The second-order valence-electron chi connectivity index (χ2n) is 4.62. The molecule has 0 saturated carbocycles. The molecule has 0 spiro atoms. The number of H-pyrrole nitrogens is 1. The minimum atomic E-state index is -0.121. The highest BCUT2D eigenvalue weighted by Gasteiger charge is 2.27. The van der Waals surface area contributed by atoms with Gasteiger partial charge in [-0.05, 0) is 6.92 Å². The molecule has 1 aromatic heterocycles. The van der Waals surface area contributed by atoms with Crippen LogP contribution in [0.25, 0.3) is 0 Å². The van der Waals surface area contributed by atoms with Crippen molar-refractivity contribution >= 4 is 5.91 Å². The fourth-order valence-electron chi connectivity index (χ4n) is 1.79. The van der Waals surface area contributed by atoms with Crippen molar-refractivity contribution in [3.05, 3.63) is 11.6 Å². The van der Waals surface area contributed by atoms with Crippen LogP contribution in [0, 0.1) is 0 Å². The molecule has 94 valence electrons. The summed E-state index contributed by atoms with van der Waals surface area (Å²) in [5.74, 6) is 1.12. The first-order valence-corrected chi connectivity index (χ1v) is 5.90. The average molecular weight is 238 g/mol. The van der Waals surface area contributed by atoms with Crippen molar-refractivity contribution in [3.8, 4) is 0 Å². The van der Waals surface area contributed by atoms with Crippen LogP contribution in [0.5, 0.6) is 0 Å². The first kappa shape index (κ1) is 12.0. The number of ether oxygens (including phenoxy) is 1. The van der Waals surface area contributed by atoms with Crippen LogP contribution in [-0.4, -0.2) is 51.8 Å². The molecule has 6 nitrogen and oxygen atoms in total. The van der Waals surface area contributed by atoms with Gasteiger partial charge in [0.2, 0.25) is 5.82 Å². The maximum atomic E-state index is 12.2. The molecule has 1 aliphatic rings. The Morgan fingerprint density at radius 2 is 2.35 bits per heavy atom. The Labute approximate surface area is 100 Å². The summed E-state index contributed by atoms with van der Waals surface area (Å²) in [6.07, 6.45) is 0. The summed E-state index contributed by atoms with van der Waals surface area (Å²) in [6, 6.07) is 0.0808. The standard InChI is InChI=1S/C11H18N4O2/c1-7(2)9-12-10(14-13-9)11(16)15-4-5-17-6-8(15)3/h7-8H,4-6H2,1-3H3,(H,12,13,14). The Morgan fingerprint density at radius 1 is 1.59 bits per heavy atom. The lowest BCUT2D eigenvalue weighted by Gasteiger charge is -2.32. The minimum absolute atomic E-state index is 0.0808. The number of hydrogen-bond donors (Lipinski definition) is 1. The number of aromatic amines is 1. The zero-order valence-corrected chi connectivity index (χ0v) is 10.4. The van der Waals surface area contributed by atoms with E-state index in [0.717, 1.165) is 5.82 Å². The predicted molar refractivity (Wildman–Crippen MR) is 61.8 cm³/mol. The van der Waals surface area contributed by atoms with E-state index in [2.05, 4.69) is 15.2 Å². The molecule has 2 heterocycles. The maximum Gasteiger partial charge on any atom is 0.293 e. The fourth-order valence-corrected chi connectivity index (χ4v) is 1.79. The van der Waals surface area contributed by atoms with Crippen molar-refractivity contribution in [1.82, 2.24) is 20.1 Å². The number of amides is 1. The van der Waals surface area contributed by atoms with Crippen molar-refractivity contribution in [2.75, 3.05) is 19.8 Å². The predicted octanol–water partition coefficient (Wildman–Crippen LogP) is 0.789. The lowest BCUT2D eigenvalue weighted by atomic mass is 10.2. The van der Waals surface area contributed by atoms with E-state index in [-0.39, 0.29) is 23.7 Å². The normalized spacial score (nSPS) is 20.9. The van der Waals surface area contributed by atoms with Crippen LogP contribution in [0.3, 0.4) is 0 Å². The van der Waals surface area contributed by atoms with Gasteiger partial charge >= 0.3 is 0 Å². The van der Waals surface area contributed by atoms with E-state index < -0.39 is 0 Å². The lowest BCUT2D eigenvalue weighted by molar-refractivity contribution is 0.00294. The fraction of sp³-hybridized carbons (Fsp3) is 0.727. The Morgan fingerprint density at radius 3 is 2.94 bits per heavy atom. The third kappa shape index (κ3) is 2.46. The lowest BCUT2D eigenvalue weighted by Crippen LogP contribution is -2.47. The van der Waals surface area contributed by atoms with Gasteiger partial charge < -0.3 is 9.64 Å². The first-order chi connectivity index (χ1) is 8.09. The van der Waals surface area contributed by atoms with E-state index >= 15 is 0 Å². The van der Waals surface area contributed by atoms with Crippen LogP contribution < -0.4 is 0 Å². The first-order valence-electron chi connectivity index (χ1n) is 5.90. The van der Waals surface area contributed by atoms with Crippen molar-refractivity contribution in [3.63, 3.8) is 0 Å². The van der Waals surface area contributed by atoms with Gasteiger partial charge in [0.1, 0.15) is 5.82 Å². The molecule has 17 heavy (non-hydrogen) atoms. The van der Waals surface area contributed by atoms with Crippen LogP contribution in [-0.2, 0) is 4.74 Å². The number of carbonyl (C=O) groups is 1. The number of aromatic nitrogens is 3. The van der Waals surface area contributed by atoms with Gasteiger partial charge in [-0.2, -0.15) is 0 Å². The third-order valence-electron chi connectivity index (χ3n) is 2.87. The largest absolute Gasteiger partial charge is 0.377 e. The molecule has 0 aromatic carbocycles. The number of hydrogen-bond acceptors (Lipinski definition) is 4. The summed E-state index contributed by atoms with van der Waals surface area (Å²) >= 11 is 0. The van der Waals surface area contributed by atoms with Crippen LogP contribution >= 0.6 is 0 Å². The molecule has 1 N–H and O–H groups in total.